The fourth-order valence-electron chi connectivity index (χ4n) is 3.24. The van der Waals surface area contributed by atoms with Crippen molar-refractivity contribution in [2.24, 2.45) is 0 Å². The van der Waals surface area contributed by atoms with Gasteiger partial charge >= 0.3 is 0 Å². The Morgan fingerprint density at radius 2 is 2.04 bits per heavy atom. The predicted molar refractivity (Wildman–Crippen MR) is 106 cm³/mol. The Morgan fingerprint density at radius 1 is 1.31 bits per heavy atom. The van der Waals surface area contributed by atoms with E-state index >= 15 is 0 Å². The zero-order valence-corrected chi connectivity index (χ0v) is 16.5. The van der Waals surface area contributed by atoms with E-state index in [-0.39, 0.29) is 17.7 Å². The van der Waals surface area contributed by atoms with Gasteiger partial charge in [-0.25, -0.2) is 8.42 Å². The van der Waals surface area contributed by atoms with Crippen LogP contribution in [0.4, 0.5) is 11.4 Å². The van der Waals surface area contributed by atoms with Crippen LogP contribution < -0.4 is 9.62 Å². The normalized spacial score (nSPS) is 16.5. The summed E-state index contributed by atoms with van der Waals surface area (Å²) < 4.78 is 26.1. The molecular weight excluding hydrogens is 372 g/mol. The van der Waals surface area contributed by atoms with E-state index in [2.05, 4.69) is 5.32 Å². The fourth-order valence-corrected chi connectivity index (χ4v) is 4.80. The van der Waals surface area contributed by atoms with Crippen LogP contribution in [0.5, 0.6) is 0 Å². The maximum absolute atomic E-state index is 12.6. The molecule has 1 amide bonds. The van der Waals surface area contributed by atoms with Crippen molar-refractivity contribution in [1.29, 1.82) is 0 Å². The van der Waals surface area contributed by atoms with Crippen molar-refractivity contribution in [3.8, 4) is 0 Å². The number of carbonyl (C=O) groups is 1. The van der Waals surface area contributed by atoms with Crippen LogP contribution in [-0.4, -0.2) is 26.1 Å². The summed E-state index contributed by atoms with van der Waals surface area (Å²) in [4.78, 5) is 12.6. The van der Waals surface area contributed by atoms with E-state index < -0.39 is 10.0 Å². The van der Waals surface area contributed by atoms with Crippen molar-refractivity contribution < 1.29 is 13.2 Å². The lowest BCUT2D eigenvalue weighted by Crippen LogP contribution is -2.36. The summed E-state index contributed by atoms with van der Waals surface area (Å²) in [6.07, 6.45) is 0.589. The molecule has 0 saturated heterocycles. The van der Waals surface area contributed by atoms with Crippen LogP contribution in [0.3, 0.4) is 0 Å². The lowest BCUT2D eigenvalue weighted by Gasteiger charge is -2.23. The average molecular weight is 393 g/mol. The third-order valence-corrected chi connectivity index (χ3v) is 6.97. The first kappa shape index (κ1) is 18.7. The van der Waals surface area contributed by atoms with Crippen molar-refractivity contribution >= 4 is 38.9 Å². The second-order valence-corrected chi connectivity index (χ2v) is 9.00. The van der Waals surface area contributed by atoms with Crippen molar-refractivity contribution in [1.82, 2.24) is 0 Å². The third kappa shape index (κ3) is 3.31. The summed E-state index contributed by atoms with van der Waals surface area (Å²) in [5, 5.41) is 3.46. The quantitative estimate of drug-likeness (QED) is 0.855. The van der Waals surface area contributed by atoms with E-state index in [1.807, 2.05) is 13.8 Å². The highest BCUT2D eigenvalue weighted by atomic mass is 35.5. The number of rotatable bonds is 4. The van der Waals surface area contributed by atoms with Crippen molar-refractivity contribution in [3.05, 3.63) is 58.1 Å². The second-order valence-electron chi connectivity index (χ2n) is 6.46. The maximum atomic E-state index is 12.6. The van der Waals surface area contributed by atoms with Gasteiger partial charge in [-0.05, 0) is 68.7 Å². The van der Waals surface area contributed by atoms with Gasteiger partial charge in [0, 0.05) is 22.3 Å². The highest BCUT2D eigenvalue weighted by Crippen LogP contribution is 2.35. The highest BCUT2D eigenvalue weighted by molar-refractivity contribution is 7.92. The molecule has 1 heterocycles. The molecule has 0 aromatic heterocycles. The van der Waals surface area contributed by atoms with Crippen LogP contribution in [0.2, 0.25) is 5.02 Å². The number of nitrogens with zero attached hydrogens (tertiary/aromatic N) is 1. The molecule has 1 atom stereocenters. The van der Waals surface area contributed by atoms with Gasteiger partial charge in [0.25, 0.3) is 5.91 Å². The number of sulfonamides is 1. The number of hydrogen-bond donors (Lipinski definition) is 1. The minimum Gasteiger partial charge on any atom is -0.322 e. The third-order valence-electron chi connectivity index (χ3n) is 4.68. The van der Waals surface area contributed by atoms with E-state index in [9.17, 15) is 13.2 Å². The maximum Gasteiger partial charge on any atom is 0.255 e. The molecule has 0 spiro atoms. The lowest BCUT2D eigenvalue weighted by atomic mass is 10.1. The molecule has 0 aliphatic carbocycles. The van der Waals surface area contributed by atoms with Gasteiger partial charge in [0.15, 0.2) is 0 Å². The Hall–Kier alpha value is -2.05. The van der Waals surface area contributed by atoms with Crippen LogP contribution >= 0.6 is 11.6 Å². The molecule has 0 radical (unpaired) electrons. The molecule has 7 heteroatoms. The number of hydrogen-bond acceptors (Lipinski definition) is 3. The van der Waals surface area contributed by atoms with E-state index in [1.165, 1.54) is 4.31 Å². The van der Waals surface area contributed by atoms with Crippen molar-refractivity contribution in [3.63, 3.8) is 0 Å². The molecule has 1 aliphatic rings. The van der Waals surface area contributed by atoms with Crippen LogP contribution in [0.15, 0.2) is 36.4 Å². The Labute approximate surface area is 159 Å². The Morgan fingerprint density at radius 3 is 2.73 bits per heavy atom. The van der Waals surface area contributed by atoms with Gasteiger partial charge in [-0.3, -0.25) is 9.10 Å². The number of amides is 1. The minimum atomic E-state index is -3.33. The SMILES string of the molecule is CCS(=O)(=O)N1c2ccc(C(=O)Nc3cccc(Cl)c3C)cc2C[C@H]1C. The van der Waals surface area contributed by atoms with Gasteiger partial charge in [0.1, 0.15) is 0 Å². The number of carbonyl (C=O) groups excluding carboxylic acids is 1. The number of anilines is 2. The summed E-state index contributed by atoms with van der Waals surface area (Å²) in [6.45, 7) is 5.35. The minimum absolute atomic E-state index is 0.0487. The van der Waals surface area contributed by atoms with Crippen LogP contribution in [0.25, 0.3) is 0 Å². The lowest BCUT2D eigenvalue weighted by molar-refractivity contribution is 0.102. The van der Waals surface area contributed by atoms with Gasteiger partial charge in [-0.2, -0.15) is 0 Å². The summed E-state index contributed by atoms with van der Waals surface area (Å²) in [6, 6.07) is 10.3. The number of halogens is 1. The first-order valence-electron chi connectivity index (χ1n) is 8.46. The Kier molecular flexibility index (Phi) is 4.99. The molecule has 0 fully saturated rings. The first-order chi connectivity index (χ1) is 12.2. The number of fused-ring (bicyclic) bond motifs is 1. The summed E-state index contributed by atoms with van der Waals surface area (Å²) in [5.74, 6) is -0.199. The smallest absolute Gasteiger partial charge is 0.255 e. The molecule has 1 aliphatic heterocycles. The van der Waals surface area contributed by atoms with Gasteiger partial charge in [-0.15, -0.1) is 0 Å². The molecule has 0 unspecified atom stereocenters. The van der Waals surface area contributed by atoms with Crippen LogP contribution in [-0.2, 0) is 16.4 Å². The molecule has 2 aromatic rings. The highest BCUT2D eigenvalue weighted by Gasteiger charge is 2.34. The van der Waals surface area contributed by atoms with Gasteiger partial charge in [0.05, 0.1) is 11.4 Å². The van der Waals surface area contributed by atoms with E-state index in [0.717, 1.165) is 11.1 Å². The summed E-state index contributed by atoms with van der Waals surface area (Å²) in [7, 11) is -3.33. The molecule has 3 rings (SSSR count). The largest absolute Gasteiger partial charge is 0.322 e. The van der Waals surface area contributed by atoms with E-state index in [0.29, 0.717) is 28.4 Å². The average Bonchev–Trinajstić information content (AvgIpc) is 2.94. The number of nitrogens with one attached hydrogen (secondary N) is 1. The summed E-state index contributed by atoms with van der Waals surface area (Å²) >= 11 is 6.09. The molecule has 0 bridgehead atoms. The Balaban J connectivity index is 1.89. The van der Waals surface area contributed by atoms with Gasteiger partial charge in [0.2, 0.25) is 10.0 Å². The predicted octanol–water partition coefficient (Wildman–Crippen LogP) is 4.00. The fraction of sp³-hybridized carbons (Fsp3) is 0.316. The molecule has 0 saturated carbocycles. The topological polar surface area (TPSA) is 66.5 Å². The monoisotopic (exact) mass is 392 g/mol. The molecule has 5 nitrogen and oxygen atoms in total. The van der Waals surface area contributed by atoms with Crippen molar-refractivity contribution in [2.45, 2.75) is 33.2 Å². The molecule has 26 heavy (non-hydrogen) atoms. The zero-order valence-electron chi connectivity index (χ0n) is 14.9. The summed E-state index contributed by atoms with van der Waals surface area (Å²) in [5.41, 5.74) is 3.48. The van der Waals surface area contributed by atoms with Gasteiger partial charge in [-0.1, -0.05) is 17.7 Å². The zero-order chi connectivity index (χ0) is 19.1. The van der Waals surface area contributed by atoms with Crippen LogP contribution in [0.1, 0.15) is 35.3 Å². The standard InChI is InChI=1S/C19H21ClN2O3S/c1-4-26(24,25)22-12(2)10-15-11-14(8-9-18(15)22)19(23)21-17-7-5-6-16(20)13(17)3/h5-9,11-12H,4,10H2,1-3H3,(H,21,23)/t12-/m1/s1. The van der Waals surface area contributed by atoms with E-state index in [4.69, 9.17) is 11.6 Å². The molecule has 1 N–H and O–H groups in total. The molecule has 138 valence electrons. The number of benzene rings is 2. The second kappa shape index (κ2) is 6.93. The van der Waals surface area contributed by atoms with Gasteiger partial charge < -0.3 is 5.32 Å². The molecule has 2 aromatic carbocycles. The molecular formula is C19H21ClN2O3S. The van der Waals surface area contributed by atoms with Crippen LogP contribution in [0, 0.1) is 6.92 Å². The Bertz CT molecular complexity index is 973. The first-order valence-corrected chi connectivity index (χ1v) is 10.4. The van der Waals surface area contributed by atoms with Crippen molar-refractivity contribution in [2.75, 3.05) is 15.4 Å². The van der Waals surface area contributed by atoms with E-state index in [1.54, 1.807) is 43.3 Å².